The van der Waals surface area contributed by atoms with Crippen molar-refractivity contribution in [3.8, 4) is 0 Å². The van der Waals surface area contributed by atoms with Gasteiger partial charge in [-0.25, -0.2) is 4.79 Å². The van der Waals surface area contributed by atoms with Crippen molar-refractivity contribution in [1.29, 1.82) is 0 Å². The molecule has 0 aliphatic heterocycles. The topological polar surface area (TPSA) is 63.6 Å². The number of aliphatic hydroxyl groups excluding tert-OH is 1. The Kier molecular flexibility index (Phi) is 5.06. The summed E-state index contributed by atoms with van der Waals surface area (Å²) in [7, 11) is 0. The number of carbonyl (C=O) groups is 2. The fraction of sp³-hybridized carbons (Fsp3) is 0.300. The molecule has 1 N–H and O–H groups in total. The van der Waals surface area contributed by atoms with Crippen LogP contribution in [-0.4, -0.2) is 23.0 Å². The molecule has 1 aliphatic carbocycles. The average Bonchev–Trinajstić information content (AvgIpc) is 2.63. The van der Waals surface area contributed by atoms with Crippen molar-refractivity contribution in [1.82, 2.24) is 0 Å². The molecule has 2 aromatic carbocycles. The van der Waals surface area contributed by atoms with E-state index in [9.17, 15) is 14.7 Å². The highest BCUT2D eigenvalue weighted by Crippen LogP contribution is 2.36. The minimum atomic E-state index is -0.656. The summed E-state index contributed by atoms with van der Waals surface area (Å²) in [6.07, 6.45) is -0.278. The Morgan fingerprint density at radius 2 is 1.67 bits per heavy atom. The van der Waals surface area contributed by atoms with Crippen molar-refractivity contribution in [3.05, 3.63) is 71.8 Å². The maximum atomic E-state index is 12.5. The minimum absolute atomic E-state index is 0.0991. The molecule has 0 radical (unpaired) electrons. The van der Waals surface area contributed by atoms with Crippen molar-refractivity contribution < 1.29 is 19.4 Å². The van der Waals surface area contributed by atoms with Gasteiger partial charge >= 0.3 is 5.97 Å². The van der Waals surface area contributed by atoms with Gasteiger partial charge in [-0.15, -0.1) is 0 Å². The Labute approximate surface area is 141 Å². The molecular formula is C20H20O4. The van der Waals surface area contributed by atoms with Crippen LogP contribution in [0.1, 0.15) is 41.3 Å². The van der Waals surface area contributed by atoms with Crippen LogP contribution in [0.15, 0.2) is 60.7 Å². The van der Waals surface area contributed by atoms with Crippen LogP contribution < -0.4 is 0 Å². The largest absolute Gasteiger partial charge is 0.453 e. The first-order valence-electron chi connectivity index (χ1n) is 8.16. The summed E-state index contributed by atoms with van der Waals surface area (Å²) < 4.78 is 5.73. The third kappa shape index (κ3) is 3.71. The van der Waals surface area contributed by atoms with E-state index < -0.39 is 24.1 Å². The van der Waals surface area contributed by atoms with Crippen LogP contribution in [0.3, 0.4) is 0 Å². The lowest BCUT2D eigenvalue weighted by Crippen LogP contribution is -2.35. The molecule has 0 heterocycles. The highest BCUT2D eigenvalue weighted by Gasteiger charge is 2.37. The van der Waals surface area contributed by atoms with Crippen LogP contribution in [0.5, 0.6) is 0 Å². The number of benzene rings is 2. The zero-order valence-electron chi connectivity index (χ0n) is 13.3. The second kappa shape index (κ2) is 7.41. The molecule has 0 amide bonds. The summed E-state index contributed by atoms with van der Waals surface area (Å²) >= 11 is 0. The van der Waals surface area contributed by atoms with Gasteiger partial charge in [0.1, 0.15) is 11.9 Å². The van der Waals surface area contributed by atoms with E-state index in [2.05, 4.69) is 0 Å². The summed E-state index contributed by atoms with van der Waals surface area (Å²) in [5, 5.41) is 10.4. The normalized spacial score (nSPS) is 22.0. The van der Waals surface area contributed by atoms with Crippen molar-refractivity contribution in [2.24, 2.45) is 5.92 Å². The van der Waals surface area contributed by atoms with E-state index in [-0.39, 0.29) is 12.2 Å². The predicted octanol–water partition coefficient (Wildman–Crippen LogP) is 3.31. The van der Waals surface area contributed by atoms with Gasteiger partial charge in [0, 0.05) is 18.8 Å². The van der Waals surface area contributed by atoms with Crippen LogP contribution >= 0.6 is 0 Å². The predicted molar refractivity (Wildman–Crippen MR) is 89.4 cm³/mol. The molecule has 4 heteroatoms. The lowest BCUT2D eigenvalue weighted by Gasteiger charge is -2.33. The van der Waals surface area contributed by atoms with Crippen molar-refractivity contribution >= 4 is 11.8 Å². The fourth-order valence-electron chi connectivity index (χ4n) is 3.14. The van der Waals surface area contributed by atoms with E-state index in [4.69, 9.17) is 4.74 Å². The van der Waals surface area contributed by atoms with Gasteiger partial charge in [0.2, 0.25) is 0 Å². The summed E-state index contributed by atoms with van der Waals surface area (Å²) in [6.45, 7) is 0. The minimum Gasteiger partial charge on any atom is -0.453 e. The van der Waals surface area contributed by atoms with E-state index in [1.807, 2.05) is 36.4 Å². The van der Waals surface area contributed by atoms with Crippen LogP contribution in [-0.2, 0) is 9.53 Å². The molecule has 1 aliphatic rings. The van der Waals surface area contributed by atoms with Crippen molar-refractivity contribution in [2.75, 3.05) is 0 Å². The number of aliphatic hydroxyl groups is 1. The zero-order valence-corrected chi connectivity index (χ0v) is 13.3. The number of ether oxygens (including phenoxy) is 1. The maximum absolute atomic E-state index is 12.5. The highest BCUT2D eigenvalue weighted by molar-refractivity contribution is 5.89. The quantitative estimate of drug-likeness (QED) is 0.876. The Morgan fingerprint density at radius 3 is 2.33 bits per heavy atom. The van der Waals surface area contributed by atoms with Gasteiger partial charge in [-0.2, -0.15) is 0 Å². The van der Waals surface area contributed by atoms with Crippen LogP contribution in [0, 0.1) is 5.92 Å². The molecule has 0 bridgehead atoms. The first kappa shape index (κ1) is 16.4. The summed E-state index contributed by atoms with van der Waals surface area (Å²) in [6, 6.07) is 18.0. The molecule has 1 fully saturated rings. The van der Waals surface area contributed by atoms with E-state index >= 15 is 0 Å². The summed E-state index contributed by atoms with van der Waals surface area (Å²) in [4.78, 5) is 24.3. The number of hydrogen-bond acceptors (Lipinski definition) is 4. The molecule has 0 unspecified atom stereocenters. The molecule has 4 nitrogen and oxygen atoms in total. The van der Waals surface area contributed by atoms with Gasteiger partial charge in [0.25, 0.3) is 0 Å². The lowest BCUT2D eigenvalue weighted by molar-refractivity contribution is -0.128. The summed E-state index contributed by atoms with van der Waals surface area (Å²) in [5.74, 6) is -0.766. The van der Waals surface area contributed by atoms with Gasteiger partial charge in [-0.1, -0.05) is 48.5 Å². The molecule has 124 valence electrons. The second-order valence-corrected chi connectivity index (χ2v) is 6.12. The highest BCUT2D eigenvalue weighted by atomic mass is 16.5. The third-order valence-electron chi connectivity index (χ3n) is 4.44. The van der Waals surface area contributed by atoms with Gasteiger partial charge in [0.15, 0.2) is 0 Å². The molecule has 3 atom stereocenters. The van der Waals surface area contributed by atoms with Crippen LogP contribution in [0.2, 0.25) is 0 Å². The van der Waals surface area contributed by atoms with Gasteiger partial charge < -0.3 is 9.84 Å². The summed E-state index contributed by atoms with van der Waals surface area (Å²) in [5.41, 5.74) is 1.25. The zero-order chi connectivity index (χ0) is 16.9. The average molecular weight is 324 g/mol. The van der Waals surface area contributed by atoms with Crippen LogP contribution in [0.25, 0.3) is 0 Å². The van der Waals surface area contributed by atoms with Gasteiger partial charge in [-0.05, 0) is 24.1 Å². The van der Waals surface area contributed by atoms with E-state index in [1.165, 1.54) is 0 Å². The molecular weight excluding hydrogens is 304 g/mol. The maximum Gasteiger partial charge on any atom is 0.338 e. The number of Topliss-reactive ketones (excluding diaryl/α,β-unsaturated/α-hetero) is 1. The molecule has 2 aromatic rings. The Morgan fingerprint density at radius 1 is 1.04 bits per heavy atom. The smallest absolute Gasteiger partial charge is 0.338 e. The molecule has 24 heavy (non-hydrogen) atoms. The number of esters is 1. The van der Waals surface area contributed by atoms with Gasteiger partial charge in [-0.3, -0.25) is 4.79 Å². The molecule has 0 spiro atoms. The first-order valence-corrected chi connectivity index (χ1v) is 8.16. The SMILES string of the molecule is O=C1CC[C@@H](O)[C@H]([C@H](OC(=O)c2ccccc2)c2ccccc2)C1. The van der Waals surface area contributed by atoms with Crippen molar-refractivity contribution in [2.45, 2.75) is 31.5 Å². The lowest BCUT2D eigenvalue weighted by atomic mass is 9.79. The Bertz CT molecular complexity index is 696. The molecule has 1 saturated carbocycles. The molecule has 0 aromatic heterocycles. The third-order valence-corrected chi connectivity index (χ3v) is 4.44. The molecule has 3 rings (SSSR count). The van der Waals surface area contributed by atoms with Crippen molar-refractivity contribution in [3.63, 3.8) is 0 Å². The first-order chi connectivity index (χ1) is 11.6. The Hall–Kier alpha value is -2.46. The standard InChI is InChI=1S/C20H20O4/c21-16-11-12-18(22)17(13-16)19(14-7-3-1-4-8-14)24-20(23)15-9-5-2-6-10-15/h1-10,17-19,22H,11-13H2/t17-,18-,19-/m1/s1. The monoisotopic (exact) mass is 324 g/mol. The van der Waals surface area contributed by atoms with E-state index in [0.717, 1.165) is 5.56 Å². The number of hydrogen-bond donors (Lipinski definition) is 1. The number of ketones is 1. The Balaban J connectivity index is 1.88. The fourth-order valence-corrected chi connectivity index (χ4v) is 3.14. The molecule has 0 saturated heterocycles. The number of rotatable bonds is 4. The van der Waals surface area contributed by atoms with Crippen LogP contribution in [0.4, 0.5) is 0 Å². The number of carbonyl (C=O) groups excluding carboxylic acids is 2. The van der Waals surface area contributed by atoms with E-state index in [0.29, 0.717) is 18.4 Å². The van der Waals surface area contributed by atoms with Gasteiger partial charge in [0.05, 0.1) is 11.7 Å². The second-order valence-electron chi connectivity index (χ2n) is 6.12. The van der Waals surface area contributed by atoms with E-state index in [1.54, 1.807) is 24.3 Å².